The van der Waals surface area contributed by atoms with E-state index in [0.717, 1.165) is 0 Å². The average Bonchev–Trinajstić information content (AvgIpc) is 2.78. The van der Waals surface area contributed by atoms with Gasteiger partial charge in [-0.2, -0.15) is 5.10 Å². The fourth-order valence-electron chi connectivity index (χ4n) is 2.37. The van der Waals surface area contributed by atoms with E-state index in [4.69, 9.17) is 16.7 Å². The SMILES string of the molecule is Cc1[nH]nc(CC(CC(=O)O)c2cccc(Cl)c2)c1[N+](=O)[O-]. The highest BCUT2D eigenvalue weighted by Gasteiger charge is 2.26. The summed E-state index contributed by atoms with van der Waals surface area (Å²) in [6, 6.07) is 6.83. The van der Waals surface area contributed by atoms with Crippen LogP contribution >= 0.6 is 11.6 Å². The van der Waals surface area contributed by atoms with E-state index >= 15 is 0 Å². The largest absolute Gasteiger partial charge is 0.481 e. The first-order chi connectivity index (χ1) is 10.4. The second kappa shape index (κ2) is 6.57. The molecule has 2 aromatic rings. The lowest BCUT2D eigenvalue weighted by Gasteiger charge is -2.14. The second-order valence-corrected chi connectivity index (χ2v) is 5.39. The third kappa shape index (κ3) is 3.62. The van der Waals surface area contributed by atoms with Crippen molar-refractivity contribution in [3.63, 3.8) is 0 Å². The molecule has 0 aliphatic carbocycles. The molecule has 2 rings (SSSR count). The number of hydrogen-bond acceptors (Lipinski definition) is 4. The van der Waals surface area contributed by atoms with Gasteiger partial charge in [0.2, 0.25) is 0 Å². The fraction of sp³-hybridized carbons (Fsp3) is 0.286. The highest BCUT2D eigenvalue weighted by atomic mass is 35.5. The Balaban J connectivity index is 2.35. The van der Waals surface area contributed by atoms with Crippen LogP contribution < -0.4 is 0 Å². The maximum atomic E-state index is 11.1. The van der Waals surface area contributed by atoms with Crippen molar-refractivity contribution in [3.8, 4) is 0 Å². The number of hydrogen-bond donors (Lipinski definition) is 2. The number of aromatic amines is 1. The van der Waals surface area contributed by atoms with Crippen LogP contribution in [0.1, 0.15) is 29.3 Å². The molecule has 0 bridgehead atoms. The number of carboxylic acid groups (broad SMARTS) is 1. The Kier molecular flexibility index (Phi) is 4.77. The Hall–Kier alpha value is -2.41. The number of halogens is 1. The van der Waals surface area contributed by atoms with Gasteiger partial charge in [0.25, 0.3) is 0 Å². The molecule has 0 fully saturated rings. The first kappa shape index (κ1) is 16.0. The van der Waals surface area contributed by atoms with Crippen LogP contribution in [0.25, 0.3) is 0 Å². The fourth-order valence-corrected chi connectivity index (χ4v) is 2.57. The number of H-pyrrole nitrogens is 1. The summed E-state index contributed by atoms with van der Waals surface area (Å²) >= 11 is 5.94. The van der Waals surface area contributed by atoms with Gasteiger partial charge in [-0.15, -0.1) is 0 Å². The zero-order valence-corrected chi connectivity index (χ0v) is 12.5. The molecule has 1 aromatic carbocycles. The van der Waals surface area contributed by atoms with Crippen LogP contribution in [0.3, 0.4) is 0 Å². The van der Waals surface area contributed by atoms with E-state index in [1.54, 1.807) is 31.2 Å². The van der Waals surface area contributed by atoms with Crippen LogP contribution in [-0.4, -0.2) is 26.2 Å². The van der Waals surface area contributed by atoms with Crippen LogP contribution in [0.5, 0.6) is 0 Å². The number of nitro groups is 1. The molecular formula is C14H14ClN3O4. The van der Waals surface area contributed by atoms with Crippen molar-refractivity contribution in [2.24, 2.45) is 0 Å². The molecule has 7 nitrogen and oxygen atoms in total. The van der Waals surface area contributed by atoms with Crippen LogP contribution in [0.2, 0.25) is 5.02 Å². The molecule has 0 saturated heterocycles. The molecule has 0 saturated carbocycles. The van der Waals surface area contributed by atoms with Gasteiger partial charge in [-0.3, -0.25) is 20.0 Å². The molecule has 0 radical (unpaired) electrons. The molecular weight excluding hydrogens is 310 g/mol. The van der Waals surface area contributed by atoms with E-state index in [1.165, 1.54) is 0 Å². The van der Waals surface area contributed by atoms with Gasteiger partial charge in [0.1, 0.15) is 11.4 Å². The highest BCUT2D eigenvalue weighted by Crippen LogP contribution is 2.30. The third-order valence-corrected chi connectivity index (χ3v) is 3.59. The van der Waals surface area contributed by atoms with Crippen molar-refractivity contribution in [1.29, 1.82) is 0 Å². The predicted molar refractivity (Wildman–Crippen MR) is 80.1 cm³/mol. The van der Waals surface area contributed by atoms with Gasteiger partial charge in [-0.1, -0.05) is 23.7 Å². The van der Waals surface area contributed by atoms with Gasteiger partial charge >= 0.3 is 11.7 Å². The monoisotopic (exact) mass is 323 g/mol. The molecule has 1 unspecified atom stereocenters. The second-order valence-electron chi connectivity index (χ2n) is 4.95. The quantitative estimate of drug-likeness (QED) is 0.627. The minimum absolute atomic E-state index is 0.0996. The zero-order valence-electron chi connectivity index (χ0n) is 11.7. The smallest absolute Gasteiger partial charge is 0.312 e. The van der Waals surface area contributed by atoms with Gasteiger partial charge in [-0.25, -0.2) is 0 Å². The molecule has 0 amide bonds. The number of carboxylic acids is 1. The van der Waals surface area contributed by atoms with Gasteiger partial charge in [0.15, 0.2) is 0 Å². The predicted octanol–water partition coefficient (Wildman–Crippen LogP) is 3.08. The first-order valence-electron chi connectivity index (χ1n) is 6.54. The van der Waals surface area contributed by atoms with Crippen molar-refractivity contribution < 1.29 is 14.8 Å². The number of nitrogens with zero attached hydrogens (tertiary/aromatic N) is 2. The highest BCUT2D eigenvalue weighted by molar-refractivity contribution is 6.30. The number of aryl methyl sites for hydroxylation is 1. The molecule has 0 spiro atoms. The van der Waals surface area contributed by atoms with E-state index < -0.39 is 16.8 Å². The maximum absolute atomic E-state index is 11.1. The van der Waals surface area contributed by atoms with Crippen molar-refractivity contribution in [2.45, 2.75) is 25.7 Å². The third-order valence-electron chi connectivity index (χ3n) is 3.35. The molecule has 0 aliphatic rings. The Labute approximate surface area is 131 Å². The summed E-state index contributed by atoms with van der Waals surface area (Å²) in [5, 5.41) is 27.2. The number of aliphatic carboxylic acids is 1. The molecule has 8 heteroatoms. The molecule has 2 N–H and O–H groups in total. The van der Waals surface area contributed by atoms with E-state index in [-0.39, 0.29) is 24.2 Å². The Morgan fingerprint density at radius 3 is 2.86 bits per heavy atom. The summed E-state index contributed by atoms with van der Waals surface area (Å²) in [5.74, 6) is -1.43. The summed E-state index contributed by atoms with van der Waals surface area (Å²) < 4.78 is 0. The van der Waals surface area contributed by atoms with E-state index in [1.807, 2.05) is 0 Å². The maximum Gasteiger partial charge on any atom is 0.312 e. The summed E-state index contributed by atoms with van der Waals surface area (Å²) in [6.07, 6.45) is -0.0172. The van der Waals surface area contributed by atoms with Gasteiger partial charge in [0, 0.05) is 17.4 Å². The Morgan fingerprint density at radius 2 is 2.27 bits per heavy atom. The minimum Gasteiger partial charge on any atom is -0.481 e. The first-order valence-corrected chi connectivity index (χ1v) is 6.91. The zero-order chi connectivity index (χ0) is 16.3. The van der Waals surface area contributed by atoms with Crippen LogP contribution in [0.15, 0.2) is 24.3 Å². The van der Waals surface area contributed by atoms with Crippen molar-refractivity contribution >= 4 is 23.3 Å². The lowest BCUT2D eigenvalue weighted by molar-refractivity contribution is -0.386. The molecule has 1 aromatic heterocycles. The van der Waals surface area contributed by atoms with Crippen molar-refractivity contribution in [2.75, 3.05) is 0 Å². The summed E-state index contributed by atoms with van der Waals surface area (Å²) in [4.78, 5) is 21.7. The normalized spacial score (nSPS) is 12.1. The lowest BCUT2D eigenvalue weighted by Crippen LogP contribution is -2.10. The van der Waals surface area contributed by atoms with E-state index in [9.17, 15) is 14.9 Å². The number of aromatic nitrogens is 2. The number of rotatable bonds is 6. The van der Waals surface area contributed by atoms with Crippen LogP contribution in [0.4, 0.5) is 5.69 Å². The topological polar surface area (TPSA) is 109 Å². The number of carbonyl (C=O) groups is 1. The van der Waals surface area contributed by atoms with Crippen molar-refractivity contribution in [3.05, 3.63) is 56.4 Å². The summed E-state index contributed by atoms with van der Waals surface area (Å²) in [5.41, 5.74) is 1.20. The van der Waals surface area contributed by atoms with Crippen LogP contribution in [0, 0.1) is 17.0 Å². The molecule has 116 valence electrons. The molecule has 22 heavy (non-hydrogen) atoms. The minimum atomic E-state index is -0.986. The van der Waals surface area contributed by atoms with Gasteiger partial charge in [0.05, 0.1) is 11.3 Å². The van der Waals surface area contributed by atoms with Crippen LogP contribution in [-0.2, 0) is 11.2 Å². The van der Waals surface area contributed by atoms with Gasteiger partial charge < -0.3 is 5.11 Å². The standard InChI is InChI=1S/C14H14ClN3O4/c1-8-14(18(21)22)12(17-16-8)6-10(7-13(19)20)9-3-2-4-11(15)5-9/h2-5,10H,6-7H2,1H3,(H,16,17)(H,19,20). The van der Waals surface area contributed by atoms with Gasteiger partial charge in [-0.05, 0) is 24.6 Å². The summed E-state index contributed by atoms with van der Waals surface area (Å²) in [6.45, 7) is 1.56. The molecule has 1 heterocycles. The lowest BCUT2D eigenvalue weighted by atomic mass is 9.91. The van der Waals surface area contributed by atoms with E-state index in [0.29, 0.717) is 16.3 Å². The molecule has 0 aliphatic heterocycles. The molecule has 1 atom stereocenters. The summed E-state index contributed by atoms with van der Waals surface area (Å²) in [7, 11) is 0. The number of nitrogens with one attached hydrogen (secondary N) is 1. The number of benzene rings is 1. The average molecular weight is 324 g/mol. The Bertz CT molecular complexity index is 714. The van der Waals surface area contributed by atoms with E-state index in [2.05, 4.69) is 10.2 Å². The Morgan fingerprint density at radius 1 is 1.55 bits per heavy atom. The van der Waals surface area contributed by atoms with Crippen molar-refractivity contribution in [1.82, 2.24) is 10.2 Å².